The molecule has 0 saturated carbocycles. The van der Waals surface area contributed by atoms with Gasteiger partial charge < -0.3 is 9.88 Å². The lowest BCUT2D eigenvalue weighted by atomic mass is 10.1. The van der Waals surface area contributed by atoms with Crippen molar-refractivity contribution in [1.29, 1.82) is 0 Å². The highest BCUT2D eigenvalue weighted by Gasteiger charge is 2.20. The molecule has 0 saturated heterocycles. The molecule has 0 unspecified atom stereocenters. The second-order valence-electron chi connectivity index (χ2n) is 10.1. The van der Waals surface area contributed by atoms with Crippen molar-refractivity contribution in [1.82, 2.24) is 19.6 Å². The highest BCUT2D eigenvalue weighted by Crippen LogP contribution is 2.23. The highest BCUT2D eigenvalue weighted by molar-refractivity contribution is 7.90. The van der Waals surface area contributed by atoms with Crippen LogP contribution in [0.4, 0.5) is 4.79 Å². The number of hydrogen-bond donors (Lipinski definition) is 3. The number of aryl methyl sites for hydroxylation is 2. The molecule has 5 aromatic rings. The second-order valence-corrected chi connectivity index (χ2v) is 13.6. The Morgan fingerprint density at radius 2 is 1.50 bits per heavy atom. The Hall–Kier alpha value is -4.49. The van der Waals surface area contributed by atoms with Gasteiger partial charge in [0.2, 0.25) is 0 Å². The van der Waals surface area contributed by atoms with Crippen molar-refractivity contribution in [2.75, 3.05) is 6.54 Å². The zero-order chi connectivity index (χ0) is 33.3. The molecule has 0 aliphatic rings. The quantitative estimate of drug-likeness (QED) is 0.156. The van der Waals surface area contributed by atoms with E-state index < -0.39 is 26.2 Å². The molecule has 3 N–H and O–H groups in total. The number of sulfonamides is 1. The molecule has 4 aromatic carbocycles. The van der Waals surface area contributed by atoms with Crippen molar-refractivity contribution >= 4 is 37.8 Å². The molecule has 0 atom stereocenters. The number of nitrogens with one attached hydrogen (secondary N) is 2. The number of imidazole rings is 1. The van der Waals surface area contributed by atoms with Gasteiger partial charge in [-0.05, 0) is 55.3 Å². The van der Waals surface area contributed by atoms with Gasteiger partial charge in [0, 0.05) is 30.4 Å². The molecule has 0 radical (unpaired) electrons. The molecular weight excluding hydrogens is 648 g/mol. The molecule has 240 valence electrons. The van der Waals surface area contributed by atoms with E-state index in [4.69, 9.17) is 21.1 Å². The maximum Gasteiger partial charge on any atom is 0.328 e. The maximum atomic E-state index is 12.3. The number of rotatable bonds is 9. The van der Waals surface area contributed by atoms with E-state index >= 15 is 0 Å². The first-order valence-electron chi connectivity index (χ1n) is 14.2. The standard InChI is InChI=1S/C26H25ClN4O3S.C7H8O3S/c1-2-25-29-23(20-8-4-3-5-9-20)18-31(25)21-14-12-19(13-15-21)16-17-28-26(32)30-35(33,34)24-11-7-6-10-22(24)27;1-6-2-4-7(5-3-6)11(8,9)10/h3-15,18H,2,16-17H2,1H3,(H2,28,30,32);2-5H,1H3,(H,8,9,10). The fraction of sp³-hybridized carbons (Fsp3) is 0.152. The lowest BCUT2D eigenvalue weighted by Gasteiger charge is -2.10. The number of amides is 2. The van der Waals surface area contributed by atoms with Crippen LogP contribution in [0.5, 0.6) is 0 Å². The van der Waals surface area contributed by atoms with E-state index in [1.807, 2.05) is 72.4 Å². The molecule has 0 fully saturated rings. The van der Waals surface area contributed by atoms with Gasteiger partial charge in [-0.15, -0.1) is 0 Å². The van der Waals surface area contributed by atoms with Gasteiger partial charge in [-0.1, -0.05) is 90.8 Å². The van der Waals surface area contributed by atoms with Crippen LogP contribution in [0.15, 0.2) is 119 Å². The van der Waals surface area contributed by atoms with Crippen molar-refractivity contribution in [3.05, 3.63) is 131 Å². The summed E-state index contributed by atoms with van der Waals surface area (Å²) in [7, 11) is -8.07. The van der Waals surface area contributed by atoms with Crippen molar-refractivity contribution in [3.8, 4) is 16.9 Å². The van der Waals surface area contributed by atoms with Crippen LogP contribution in [-0.2, 0) is 33.0 Å². The normalized spacial score (nSPS) is 11.3. The summed E-state index contributed by atoms with van der Waals surface area (Å²) in [6, 6.07) is 29.2. The molecule has 0 aliphatic heterocycles. The van der Waals surface area contributed by atoms with E-state index in [0.29, 0.717) is 6.42 Å². The average molecular weight is 681 g/mol. The van der Waals surface area contributed by atoms with Crippen LogP contribution in [0.1, 0.15) is 23.9 Å². The molecular formula is C33H33ClN4O6S2. The van der Waals surface area contributed by atoms with E-state index in [-0.39, 0.29) is 21.4 Å². The molecule has 0 bridgehead atoms. The minimum absolute atomic E-state index is 0.0490. The molecule has 2 amide bonds. The topological polar surface area (TPSA) is 147 Å². The fourth-order valence-electron chi connectivity index (χ4n) is 4.37. The monoisotopic (exact) mass is 680 g/mol. The highest BCUT2D eigenvalue weighted by atomic mass is 35.5. The number of carbonyl (C=O) groups is 1. The summed E-state index contributed by atoms with van der Waals surface area (Å²) in [4.78, 5) is 16.7. The van der Waals surface area contributed by atoms with Gasteiger partial charge in [-0.3, -0.25) is 4.55 Å². The van der Waals surface area contributed by atoms with Crippen LogP contribution >= 0.6 is 11.6 Å². The fourth-order valence-corrected chi connectivity index (χ4v) is 6.30. The number of urea groups is 1. The van der Waals surface area contributed by atoms with Gasteiger partial charge in [0.05, 0.1) is 15.6 Å². The van der Waals surface area contributed by atoms with E-state index in [1.165, 1.54) is 30.3 Å². The van der Waals surface area contributed by atoms with Gasteiger partial charge in [0.25, 0.3) is 20.1 Å². The van der Waals surface area contributed by atoms with Gasteiger partial charge in [-0.25, -0.2) is 22.9 Å². The summed E-state index contributed by atoms with van der Waals surface area (Å²) < 4.78 is 58.3. The first kappa shape index (κ1) is 34.4. The zero-order valence-electron chi connectivity index (χ0n) is 25.1. The predicted molar refractivity (Wildman–Crippen MR) is 178 cm³/mol. The van der Waals surface area contributed by atoms with E-state index in [9.17, 15) is 21.6 Å². The van der Waals surface area contributed by atoms with Crippen LogP contribution in [0.3, 0.4) is 0 Å². The number of benzene rings is 4. The number of nitrogens with zero attached hydrogens (tertiary/aromatic N) is 2. The Labute approximate surface area is 273 Å². The first-order valence-corrected chi connectivity index (χ1v) is 17.5. The third-order valence-electron chi connectivity index (χ3n) is 6.75. The smallest absolute Gasteiger partial charge is 0.328 e. The van der Waals surface area contributed by atoms with Crippen LogP contribution in [0.2, 0.25) is 5.02 Å². The maximum absolute atomic E-state index is 12.3. The average Bonchev–Trinajstić information content (AvgIpc) is 3.46. The van der Waals surface area contributed by atoms with Gasteiger partial charge in [0.15, 0.2) is 0 Å². The molecule has 10 nitrogen and oxygen atoms in total. The summed E-state index contributed by atoms with van der Waals surface area (Å²) in [6.45, 7) is 4.19. The van der Waals surface area contributed by atoms with Crippen LogP contribution < -0.4 is 10.0 Å². The van der Waals surface area contributed by atoms with Crippen LogP contribution in [-0.4, -0.2) is 43.5 Å². The summed E-state index contributed by atoms with van der Waals surface area (Å²) >= 11 is 5.93. The summed E-state index contributed by atoms with van der Waals surface area (Å²) in [5.74, 6) is 0.967. The molecule has 46 heavy (non-hydrogen) atoms. The van der Waals surface area contributed by atoms with Gasteiger partial charge >= 0.3 is 6.03 Å². The molecule has 1 heterocycles. The van der Waals surface area contributed by atoms with Crippen molar-refractivity contribution in [2.45, 2.75) is 36.5 Å². The predicted octanol–water partition coefficient (Wildman–Crippen LogP) is 6.23. The van der Waals surface area contributed by atoms with Crippen LogP contribution in [0, 0.1) is 6.92 Å². The van der Waals surface area contributed by atoms with E-state index in [1.54, 1.807) is 18.2 Å². The van der Waals surface area contributed by atoms with E-state index in [0.717, 1.165) is 40.3 Å². The molecule has 0 spiro atoms. The van der Waals surface area contributed by atoms with Crippen molar-refractivity contribution in [2.24, 2.45) is 0 Å². The second kappa shape index (κ2) is 15.2. The number of aromatic nitrogens is 2. The molecule has 5 rings (SSSR count). The van der Waals surface area contributed by atoms with Crippen molar-refractivity contribution in [3.63, 3.8) is 0 Å². The number of hydrogen-bond acceptors (Lipinski definition) is 6. The first-order chi connectivity index (χ1) is 21.9. The lowest BCUT2D eigenvalue weighted by molar-refractivity contribution is 0.246. The summed E-state index contributed by atoms with van der Waals surface area (Å²) in [5.41, 5.74) is 4.95. The Bertz CT molecular complexity index is 2000. The van der Waals surface area contributed by atoms with E-state index in [2.05, 4.69) is 16.8 Å². The van der Waals surface area contributed by atoms with Gasteiger partial charge in [0.1, 0.15) is 10.7 Å². The molecule has 0 aliphatic carbocycles. The lowest BCUT2D eigenvalue weighted by Crippen LogP contribution is -2.40. The minimum atomic E-state index is -4.05. The summed E-state index contributed by atoms with van der Waals surface area (Å²) in [6.07, 6.45) is 3.37. The third-order valence-corrected chi connectivity index (χ3v) is 9.45. The minimum Gasteiger partial charge on any atom is -0.337 e. The third kappa shape index (κ3) is 9.27. The Morgan fingerprint density at radius 3 is 2.11 bits per heavy atom. The number of halogens is 1. The Morgan fingerprint density at radius 1 is 0.870 bits per heavy atom. The summed E-state index contributed by atoms with van der Waals surface area (Å²) in [5, 5.41) is 2.62. The van der Waals surface area contributed by atoms with Gasteiger partial charge in [-0.2, -0.15) is 8.42 Å². The largest absolute Gasteiger partial charge is 0.337 e. The number of carbonyl (C=O) groups excluding carboxylic acids is 1. The molecule has 1 aromatic heterocycles. The Balaban J connectivity index is 0.000000369. The molecule has 13 heteroatoms. The SMILES string of the molecule is CCc1nc(-c2ccccc2)cn1-c1ccc(CCNC(=O)NS(=O)(=O)c2ccccc2Cl)cc1.Cc1ccc(S(=O)(=O)O)cc1. The van der Waals surface area contributed by atoms with Crippen molar-refractivity contribution < 1.29 is 26.2 Å². The zero-order valence-corrected chi connectivity index (χ0v) is 27.5. The van der Waals surface area contributed by atoms with Crippen LogP contribution in [0.25, 0.3) is 16.9 Å². The Kier molecular flexibility index (Phi) is 11.4.